The SMILES string of the molecule is CC(=O)C1C=C(N)c2ccc(Cl)cc21. The molecule has 1 aromatic carbocycles. The quantitative estimate of drug-likeness (QED) is 0.768. The Labute approximate surface area is 87.4 Å². The van der Waals surface area contributed by atoms with Gasteiger partial charge >= 0.3 is 0 Å². The highest BCUT2D eigenvalue weighted by atomic mass is 35.5. The summed E-state index contributed by atoms with van der Waals surface area (Å²) in [6.07, 6.45) is 1.78. The Bertz CT molecular complexity index is 437. The second-order valence-electron chi connectivity index (χ2n) is 3.44. The number of allylic oxidation sites excluding steroid dienone is 1. The number of hydrogen-bond acceptors (Lipinski definition) is 2. The molecule has 0 radical (unpaired) electrons. The maximum atomic E-state index is 11.3. The number of ketones is 1. The van der Waals surface area contributed by atoms with E-state index in [1.807, 2.05) is 6.07 Å². The molecule has 2 nitrogen and oxygen atoms in total. The van der Waals surface area contributed by atoms with E-state index in [1.165, 1.54) is 0 Å². The van der Waals surface area contributed by atoms with Gasteiger partial charge in [-0.05, 0) is 30.7 Å². The fourth-order valence-corrected chi connectivity index (χ4v) is 1.93. The molecule has 0 spiro atoms. The molecule has 0 fully saturated rings. The van der Waals surface area contributed by atoms with Crippen molar-refractivity contribution in [3.05, 3.63) is 40.4 Å². The summed E-state index contributed by atoms with van der Waals surface area (Å²) in [6.45, 7) is 1.56. The van der Waals surface area contributed by atoms with E-state index >= 15 is 0 Å². The van der Waals surface area contributed by atoms with Gasteiger partial charge in [0.2, 0.25) is 0 Å². The van der Waals surface area contributed by atoms with Crippen LogP contribution in [-0.4, -0.2) is 5.78 Å². The van der Waals surface area contributed by atoms with Crippen molar-refractivity contribution in [3.8, 4) is 0 Å². The van der Waals surface area contributed by atoms with Gasteiger partial charge in [0, 0.05) is 16.3 Å². The van der Waals surface area contributed by atoms with Gasteiger partial charge in [-0.1, -0.05) is 17.7 Å². The van der Waals surface area contributed by atoms with E-state index in [-0.39, 0.29) is 11.7 Å². The lowest BCUT2D eigenvalue weighted by Crippen LogP contribution is -2.03. The molecule has 1 unspecified atom stereocenters. The lowest BCUT2D eigenvalue weighted by molar-refractivity contribution is -0.117. The second-order valence-corrected chi connectivity index (χ2v) is 3.88. The summed E-state index contributed by atoms with van der Waals surface area (Å²) >= 11 is 5.87. The van der Waals surface area contributed by atoms with E-state index in [2.05, 4.69) is 0 Å². The van der Waals surface area contributed by atoms with E-state index in [9.17, 15) is 4.79 Å². The van der Waals surface area contributed by atoms with Gasteiger partial charge in [0.15, 0.2) is 0 Å². The zero-order chi connectivity index (χ0) is 10.3. The van der Waals surface area contributed by atoms with Gasteiger partial charge < -0.3 is 5.73 Å². The average molecular weight is 208 g/mol. The van der Waals surface area contributed by atoms with Crippen LogP contribution in [0.4, 0.5) is 0 Å². The Morgan fingerprint density at radius 3 is 2.86 bits per heavy atom. The molecule has 2 N–H and O–H groups in total. The van der Waals surface area contributed by atoms with Gasteiger partial charge in [0.1, 0.15) is 5.78 Å². The molecule has 72 valence electrons. The molecule has 1 aliphatic carbocycles. The highest BCUT2D eigenvalue weighted by Gasteiger charge is 2.25. The van der Waals surface area contributed by atoms with Crippen molar-refractivity contribution in [1.82, 2.24) is 0 Å². The normalized spacial score (nSPS) is 19.0. The molecule has 14 heavy (non-hydrogen) atoms. The minimum atomic E-state index is -0.219. The van der Waals surface area contributed by atoms with Gasteiger partial charge in [-0.2, -0.15) is 0 Å². The van der Waals surface area contributed by atoms with Crippen LogP contribution in [0, 0.1) is 0 Å². The zero-order valence-electron chi connectivity index (χ0n) is 7.75. The molecule has 0 heterocycles. The largest absolute Gasteiger partial charge is 0.398 e. The summed E-state index contributed by atoms with van der Waals surface area (Å²) in [7, 11) is 0. The first-order valence-corrected chi connectivity index (χ1v) is 4.75. The van der Waals surface area contributed by atoms with Crippen molar-refractivity contribution < 1.29 is 4.79 Å². The minimum Gasteiger partial charge on any atom is -0.398 e. The molecule has 3 heteroatoms. The number of carbonyl (C=O) groups is 1. The molecule has 0 aromatic heterocycles. The second kappa shape index (κ2) is 3.14. The first kappa shape index (κ1) is 9.28. The summed E-state index contributed by atoms with van der Waals surface area (Å²) in [5.41, 5.74) is 8.30. The topological polar surface area (TPSA) is 43.1 Å². The third kappa shape index (κ3) is 1.32. The Morgan fingerprint density at radius 2 is 2.21 bits per heavy atom. The molecule has 0 saturated heterocycles. The summed E-state index contributed by atoms with van der Waals surface area (Å²) in [5.74, 6) is -0.127. The number of carbonyl (C=O) groups excluding carboxylic acids is 1. The number of benzene rings is 1. The maximum absolute atomic E-state index is 11.3. The van der Waals surface area contributed by atoms with E-state index < -0.39 is 0 Å². The highest BCUT2D eigenvalue weighted by molar-refractivity contribution is 6.30. The van der Waals surface area contributed by atoms with Crippen LogP contribution in [0.2, 0.25) is 5.02 Å². The predicted molar refractivity (Wildman–Crippen MR) is 57.0 cm³/mol. The zero-order valence-corrected chi connectivity index (χ0v) is 8.51. The molecule has 1 aromatic rings. The van der Waals surface area contributed by atoms with Gasteiger partial charge in [-0.15, -0.1) is 0 Å². The Morgan fingerprint density at radius 1 is 1.50 bits per heavy atom. The number of hydrogen-bond donors (Lipinski definition) is 1. The van der Waals surface area contributed by atoms with Crippen LogP contribution in [0.3, 0.4) is 0 Å². The highest BCUT2D eigenvalue weighted by Crippen LogP contribution is 2.35. The Kier molecular flexibility index (Phi) is 2.08. The monoisotopic (exact) mass is 207 g/mol. The molecule has 0 aliphatic heterocycles. The molecular weight excluding hydrogens is 198 g/mol. The Balaban J connectivity index is 2.58. The fourth-order valence-electron chi connectivity index (χ4n) is 1.75. The van der Waals surface area contributed by atoms with Crippen LogP contribution >= 0.6 is 11.6 Å². The smallest absolute Gasteiger partial charge is 0.141 e. The van der Waals surface area contributed by atoms with Crippen LogP contribution in [-0.2, 0) is 4.79 Å². The van der Waals surface area contributed by atoms with Crippen LogP contribution in [0.25, 0.3) is 5.70 Å². The van der Waals surface area contributed by atoms with Crippen LogP contribution in [0.15, 0.2) is 24.3 Å². The maximum Gasteiger partial charge on any atom is 0.141 e. The number of Topliss-reactive ketones (excluding diaryl/α,β-unsaturated/α-hetero) is 1. The Hall–Kier alpha value is -1.28. The van der Waals surface area contributed by atoms with Gasteiger partial charge in [-0.3, -0.25) is 4.79 Å². The third-order valence-corrected chi connectivity index (χ3v) is 2.68. The van der Waals surface area contributed by atoms with Crippen molar-refractivity contribution >= 4 is 23.1 Å². The summed E-state index contributed by atoms with van der Waals surface area (Å²) < 4.78 is 0. The molecule has 0 saturated carbocycles. The fraction of sp³-hybridized carbons (Fsp3) is 0.182. The first-order valence-electron chi connectivity index (χ1n) is 4.37. The number of fused-ring (bicyclic) bond motifs is 1. The van der Waals surface area contributed by atoms with Crippen molar-refractivity contribution in [2.24, 2.45) is 5.73 Å². The van der Waals surface area contributed by atoms with E-state index in [4.69, 9.17) is 17.3 Å². The van der Waals surface area contributed by atoms with E-state index in [1.54, 1.807) is 25.1 Å². The summed E-state index contributed by atoms with van der Waals surface area (Å²) in [6, 6.07) is 5.44. The van der Waals surface area contributed by atoms with Gasteiger partial charge in [0.25, 0.3) is 0 Å². The predicted octanol–water partition coefficient (Wildman–Crippen LogP) is 2.33. The average Bonchev–Trinajstić information content (AvgIpc) is 2.43. The van der Waals surface area contributed by atoms with Crippen LogP contribution in [0.5, 0.6) is 0 Å². The lowest BCUT2D eigenvalue weighted by Gasteiger charge is -2.06. The standard InChI is InChI=1S/C11H10ClNO/c1-6(14)9-5-11(13)8-3-2-7(12)4-10(8)9/h2-5,9H,13H2,1H3. The molecule has 1 aliphatic rings. The number of nitrogens with two attached hydrogens (primary N) is 1. The van der Waals surface area contributed by atoms with Gasteiger partial charge in [-0.25, -0.2) is 0 Å². The molecular formula is C11H10ClNO. The van der Waals surface area contributed by atoms with Crippen LogP contribution in [0.1, 0.15) is 24.0 Å². The number of rotatable bonds is 1. The first-order chi connectivity index (χ1) is 6.59. The van der Waals surface area contributed by atoms with Crippen molar-refractivity contribution in [2.45, 2.75) is 12.8 Å². The third-order valence-electron chi connectivity index (χ3n) is 2.44. The van der Waals surface area contributed by atoms with E-state index in [0.29, 0.717) is 10.7 Å². The lowest BCUT2D eigenvalue weighted by atomic mass is 9.97. The number of halogens is 1. The molecule has 1 atom stereocenters. The van der Waals surface area contributed by atoms with Crippen molar-refractivity contribution in [1.29, 1.82) is 0 Å². The van der Waals surface area contributed by atoms with Crippen molar-refractivity contribution in [2.75, 3.05) is 0 Å². The minimum absolute atomic E-state index is 0.0916. The van der Waals surface area contributed by atoms with Crippen molar-refractivity contribution in [3.63, 3.8) is 0 Å². The molecule has 0 bridgehead atoms. The van der Waals surface area contributed by atoms with Crippen LogP contribution < -0.4 is 5.73 Å². The summed E-state index contributed by atoms with van der Waals surface area (Å²) in [5, 5.41) is 0.637. The van der Waals surface area contributed by atoms with Gasteiger partial charge in [0.05, 0.1) is 5.92 Å². The summed E-state index contributed by atoms with van der Waals surface area (Å²) in [4.78, 5) is 11.3. The van der Waals surface area contributed by atoms with E-state index in [0.717, 1.165) is 11.1 Å². The molecule has 2 rings (SSSR count). The molecule has 0 amide bonds.